The van der Waals surface area contributed by atoms with Crippen molar-refractivity contribution in [3.05, 3.63) is 253 Å². The summed E-state index contributed by atoms with van der Waals surface area (Å²) < 4.78 is 189. The summed E-state index contributed by atoms with van der Waals surface area (Å²) in [5.74, 6) is 0.668. The predicted molar refractivity (Wildman–Crippen MR) is 539 cm³/mol. The van der Waals surface area contributed by atoms with Crippen molar-refractivity contribution in [3.63, 3.8) is 0 Å². The lowest BCUT2D eigenvalue weighted by molar-refractivity contribution is -0.385. The fraction of sp³-hybridized carbons (Fsp3) is 0.333. The Bertz CT molecular complexity index is 5720. The van der Waals surface area contributed by atoms with Crippen LogP contribution in [0.2, 0.25) is 0 Å². The van der Waals surface area contributed by atoms with E-state index in [0.717, 1.165) is 72.5 Å². The molecule has 2 aromatic heterocycles. The number of nitrogens with zero attached hydrogens (tertiary/aromatic N) is 10. The van der Waals surface area contributed by atoms with E-state index in [1.54, 1.807) is 72.8 Å². The van der Waals surface area contributed by atoms with Crippen LogP contribution in [0.25, 0.3) is 21.8 Å². The number of carbonyl (C=O) groups is 2. The number of nitro groups is 2. The van der Waals surface area contributed by atoms with E-state index < -0.39 is 62.5 Å². The molecule has 0 amide bonds. The minimum atomic E-state index is -3.46. The van der Waals surface area contributed by atoms with Crippen LogP contribution in [0.5, 0.6) is 11.8 Å². The highest BCUT2D eigenvalue weighted by atomic mass is 35.5. The van der Waals surface area contributed by atoms with Gasteiger partial charge in [-0.3, -0.25) is 42.7 Å². The first-order valence-electron chi connectivity index (χ1n) is 47.7. The van der Waals surface area contributed by atoms with Crippen molar-refractivity contribution in [2.45, 2.75) is 72.5 Å². The van der Waals surface area contributed by atoms with E-state index in [1.165, 1.54) is 74.0 Å². The molecule has 0 saturated carbocycles. The van der Waals surface area contributed by atoms with Crippen molar-refractivity contribution >= 4 is 192 Å². The van der Waals surface area contributed by atoms with Gasteiger partial charge in [0.05, 0.1) is 85.4 Å². The molecule has 28 nitrogen and oxygen atoms in total. The van der Waals surface area contributed by atoms with Crippen LogP contribution >= 0.6 is 24.0 Å². The van der Waals surface area contributed by atoms with Crippen LogP contribution in [0, 0.1) is 20.2 Å². The van der Waals surface area contributed by atoms with E-state index in [9.17, 15) is 73.7 Å². The van der Waals surface area contributed by atoms with Gasteiger partial charge in [-0.2, -0.15) is 0 Å². The second-order valence-electron chi connectivity index (χ2n) is 29.1. The highest BCUT2D eigenvalue weighted by Crippen LogP contribution is 2.36. The van der Waals surface area contributed by atoms with Gasteiger partial charge in [0.25, 0.3) is 11.4 Å². The first kappa shape index (κ1) is 93.1. The number of aromatic amines is 2. The summed E-state index contributed by atoms with van der Waals surface area (Å²) in [6.45, 7) is 9.11. The van der Waals surface area contributed by atoms with E-state index in [1.807, 2.05) is 151 Å². The van der Waals surface area contributed by atoms with Crippen molar-refractivity contribution in [1.29, 1.82) is 0 Å². The maximum atomic E-state index is 12.4. The van der Waals surface area contributed by atoms with Gasteiger partial charge in [-0.15, -0.1) is 24.0 Å². The van der Waals surface area contributed by atoms with E-state index in [2.05, 4.69) is 9.97 Å². The molecule has 0 bridgehead atoms. The molecular weight excluding hydrogens is 1700 g/mol. The SMILES string of the molecule is C.CCCC(=O)c1ccc2c(C(=Nc3ccc(N(CCN(C)C)S(C)(=O)=O)cc3)c3ccccc3)c(O)[nH]c2c1.CCCCN(c1ccc(N=C(c2ccccc2)c2c(O)[nH]c3cc(C(=O)CCC)ccc23)cc1)S(C)(=O)=O.CN(C)CCCl.CN(C)CCN(c1ccc([N+](=O)[O-])cc1)S(C)(=O)=O.CS(=O)(=O)Cc1ccc([N+](=O)[O-])cc1.Cl.[2HH].[2HH].[2H][2H].[2H][2H].[2H][2H].[2H][2H].[2H][2H].[2H][2H].[2H][2H].[2H][2H].[2H][2H].[B]B([B])B([B])[B]. The number of aromatic nitrogens is 2. The number of unbranched alkanes of at least 4 members (excludes halogenated alkanes) is 1. The van der Waals surface area contributed by atoms with Gasteiger partial charge in [0.2, 0.25) is 30.1 Å². The van der Waals surface area contributed by atoms with Crippen molar-refractivity contribution in [3.8, 4) is 11.8 Å². The minimum absolute atomic E-state index is 0. The Kier molecular flexibility index (Phi) is 38.6. The minimum Gasteiger partial charge on any atom is -0.494 e. The number of nitrogens with one attached hydrogen (secondary N) is 2. The normalized spacial score (nSPS) is 12.0. The van der Waals surface area contributed by atoms with Gasteiger partial charge in [0.1, 0.15) is 0 Å². The first-order chi connectivity index (χ1) is 66.3. The molecule has 10 rings (SSSR count). The Balaban J connectivity index is -0.000000228. The van der Waals surface area contributed by atoms with Gasteiger partial charge in [-0.1, -0.05) is 132 Å². The Morgan fingerprint density at radius 3 is 1.06 bits per heavy atom. The maximum Gasteiger partial charge on any atom is 0.269 e. The van der Waals surface area contributed by atoms with Crippen LogP contribution in [0.4, 0.5) is 39.8 Å². The summed E-state index contributed by atoms with van der Waals surface area (Å²) in [5.41, 5.74) is 9.48. The monoisotopic (exact) mass is 1850 g/mol. The number of anilines is 3. The highest BCUT2D eigenvalue weighted by Gasteiger charge is 2.25. The van der Waals surface area contributed by atoms with Crippen LogP contribution in [0.1, 0.15) is 145 Å². The number of non-ortho nitro benzene ring substituents is 2. The molecule has 0 aliphatic carbocycles. The maximum absolute atomic E-state index is 12.4. The largest absolute Gasteiger partial charge is 0.494 e. The van der Waals surface area contributed by atoms with Gasteiger partial charge in [0, 0.05) is 206 Å². The summed E-state index contributed by atoms with van der Waals surface area (Å²) in [5, 5.41) is 44.3. The number of H-pyrrole nitrogens is 2. The molecule has 2 heterocycles. The lowest BCUT2D eigenvalue weighted by atomic mass is 8.81. The Labute approximate surface area is 778 Å². The molecule has 8 aromatic carbocycles. The van der Waals surface area contributed by atoms with Crippen molar-refractivity contribution in [2.24, 2.45) is 9.98 Å². The number of aliphatic imine (C=N–C) groups is 2. The smallest absolute Gasteiger partial charge is 0.269 e. The summed E-state index contributed by atoms with van der Waals surface area (Å²) in [4.78, 5) is 66.3. The van der Waals surface area contributed by atoms with Gasteiger partial charge < -0.3 is 34.9 Å². The summed E-state index contributed by atoms with van der Waals surface area (Å²) >= 11 is 5.35. The zero-order chi connectivity index (χ0) is 109. The molecule has 10 aromatic rings. The summed E-state index contributed by atoms with van der Waals surface area (Å²) in [6, 6.07) is 54.8. The number of hydrogen-bond donors (Lipinski definition) is 4. The molecule has 0 unspecified atom stereocenters. The summed E-state index contributed by atoms with van der Waals surface area (Å²) in [6.07, 6.45) is 7.56. The molecule has 0 atom stereocenters. The third-order valence-corrected chi connectivity index (χ3v) is 22.4. The molecule has 40 heteroatoms. The van der Waals surface area contributed by atoms with E-state index in [-0.39, 0.29) is 63.1 Å². The standard InChI is InChI=1S/C30H34N4O4S.C30H33N3O4S.C11H17N3O4S.C8H9NO4S.C4H10ClN.CH4.B6.ClH.11H2/c1-5-9-27(35)22-12-17-25-26(20-22)32-30(36)28(25)29(21-10-7-6-8-11-21)31-23-13-15-24(16-14-23)34(39(4,37)38)19-18-33(2)3;1-4-6-19-33(38(3,36)37)24-16-14-23(15-17-24)31-29(21-11-8-7-9-12-21)28-25-18-13-22(27(34)10-5-2)20-26(25)32-30(28)35;1-12(2)8-9-13(19(3,17)18)10-4-6-11(7-5-10)14(15)16;1-14(12,13)6-7-2-4-8(5-3-7)9(10)11;1-6(2)4-3-5;;1-5(2)6(3)4;;;;;;;;;;;;/h6-8,10-17,20,32,36H,5,9,18-19H2,1-4H3;7-9,11-18,20,32,35H,4-6,10,19H2,1-3H3;4-7H,8-9H2,1-3H3;2-5H,6H2,1H3;3-4H2,1-2H3;1H4;;12*1H/i;;;;;;;;9*1+1D;2*1+1. The second kappa shape index (κ2) is 51.4. The quantitative estimate of drug-likeness (QED) is 0.00726. The number of sulfonamides is 3. The Morgan fingerprint density at radius 2 is 0.790 bits per heavy atom. The third-order valence-electron chi connectivity index (χ3n) is 17.8. The highest BCUT2D eigenvalue weighted by molar-refractivity contribution is 7.92. The molecule has 124 heavy (non-hydrogen) atoms. The van der Waals surface area contributed by atoms with Gasteiger partial charge in [0.15, 0.2) is 33.2 Å². The number of ketones is 2. The molecule has 8 radical (unpaired) electrons. The van der Waals surface area contributed by atoms with Gasteiger partial charge in [-0.05, 0) is 140 Å². The number of Topliss-reactive ketones (excluding diaryl/α,β-unsaturated/α-hetero) is 2. The number of nitro benzene ring substituents is 2. The second-order valence-corrected chi connectivity index (χ2v) is 37.4. The van der Waals surface area contributed by atoms with E-state index >= 15 is 0 Å². The Hall–Kier alpha value is -10.0. The zero-order valence-electron chi connectivity index (χ0n) is 89.3. The fourth-order valence-corrected chi connectivity index (χ4v) is 15.5. The van der Waals surface area contributed by atoms with Crippen LogP contribution in [0.3, 0.4) is 0 Å². The molecular formula is C84H130B6Cl2N12O16S4. The molecule has 0 aliphatic rings. The number of likely N-dealkylation sites (N-methyl/N-ethyl adjacent to an activating group) is 2. The van der Waals surface area contributed by atoms with E-state index in [0.29, 0.717) is 124 Å². The van der Waals surface area contributed by atoms with Crippen LogP contribution < -0.4 is 12.9 Å². The number of fused-ring (bicyclic) bond motifs is 2. The van der Waals surface area contributed by atoms with Gasteiger partial charge in [-0.25, -0.2) is 43.7 Å². The predicted octanol–water partition coefficient (Wildman–Crippen LogP) is 16.3. The van der Waals surface area contributed by atoms with E-state index in [4.69, 9.17) is 79.3 Å². The zero-order valence-corrected chi connectivity index (χ0v) is 76.2. The molecule has 0 spiro atoms. The molecule has 678 valence electrons. The molecule has 0 aliphatic heterocycles. The lowest BCUT2D eigenvalue weighted by Crippen LogP contribution is -2.38. The molecule has 4 N–H and O–H groups in total. The number of rotatable bonds is 34. The third kappa shape index (κ3) is 35.2. The lowest BCUT2D eigenvalue weighted by Gasteiger charge is -2.24. The number of aromatic hydroxyl groups is 2. The van der Waals surface area contributed by atoms with Crippen molar-refractivity contribution in [2.75, 3.05) is 125 Å². The molecule has 0 fully saturated rings. The number of carbonyl (C=O) groups excluding carboxylic acids is 2. The average molecular weight is 1850 g/mol. The van der Waals surface area contributed by atoms with Crippen LogP contribution in [0.15, 0.2) is 204 Å². The van der Waals surface area contributed by atoms with Crippen molar-refractivity contribution in [1.82, 2.24) is 24.7 Å². The van der Waals surface area contributed by atoms with Crippen LogP contribution in [-0.4, -0.2) is 258 Å². The van der Waals surface area contributed by atoms with Gasteiger partial charge >= 0.3 is 0 Å². The van der Waals surface area contributed by atoms with Crippen LogP contribution in [-0.2, 0) is 45.7 Å². The topological polar surface area (TPSA) is 373 Å². The number of alkyl halides is 1. The fourth-order valence-electron chi connectivity index (χ4n) is 11.6. The average Bonchev–Trinajstić information content (AvgIpc) is 1.62. The number of benzene rings is 8. The first-order valence-corrected chi connectivity index (χ1v) is 46.8. The number of hydrogen-bond acceptors (Lipinski definition) is 21. The Morgan fingerprint density at radius 1 is 0.468 bits per heavy atom. The number of sulfone groups is 1. The number of halogens is 2. The van der Waals surface area contributed by atoms with Crippen molar-refractivity contribution < 1.29 is 92.9 Å². The summed E-state index contributed by atoms with van der Waals surface area (Å²) in [7, 11) is 18.0. The molecule has 0 saturated heterocycles.